The molecule has 1 aliphatic carbocycles. The van der Waals surface area contributed by atoms with E-state index >= 15 is 0 Å². The Kier molecular flexibility index (Phi) is 4.58. The van der Waals surface area contributed by atoms with E-state index < -0.39 is 0 Å². The molecule has 1 aliphatic rings. The second-order valence-corrected chi connectivity index (χ2v) is 5.08. The Balaban J connectivity index is 2.03. The lowest BCUT2D eigenvalue weighted by Gasteiger charge is -2.21. The van der Waals surface area contributed by atoms with Crippen molar-refractivity contribution in [1.29, 1.82) is 0 Å². The third-order valence-electron chi connectivity index (χ3n) is 3.72. The van der Waals surface area contributed by atoms with Crippen molar-refractivity contribution in [2.75, 3.05) is 0 Å². The molecule has 18 heavy (non-hydrogen) atoms. The molecule has 0 saturated heterocycles. The summed E-state index contributed by atoms with van der Waals surface area (Å²) < 4.78 is 0. The first-order valence-electron chi connectivity index (χ1n) is 6.83. The number of hydrogen-bond acceptors (Lipinski definition) is 0. The minimum atomic E-state index is 0.811. The Hall–Kier alpha value is -1.56. The summed E-state index contributed by atoms with van der Waals surface area (Å²) in [5.74, 6) is 0.811. The van der Waals surface area contributed by atoms with Crippen molar-refractivity contribution in [2.45, 2.75) is 32.1 Å². The lowest BCUT2D eigenvalue weighted by Crippen LogP contribution is -2.04. The van der Waals surface area contributed by atoms with E-state index in [0.717, 1.165) is 18.8 Å². The van der Waals surface area contributed by atoms with Crippen LogP contribution in [0.4, 0.5) is 0 Å². The summed E-state index contributed by atoms with van der Waals surface area (Å²) >= 11 is 0. The molecule has 1 atom stereocenters. The van der Waals surface area contributed by atoms with Gasteiger partial charge in [-0.2, -0.15) is 0 Å². The van der Waals surface area contributed by atoms with Gasteiger partial charge in [-0.25, -0.2) is 0 Å². The van der Waals surface area contributed by atoms with Gasteiger partial charge in [0.2, 0.25) is 0 Å². The quantitative estimate of drug-likeness (QED) is 0.620. The highest BCUT2D eigenvalue weighted by atomic mass is 14.2. The van der Waals surface area contributed by atoms with Gasteiger partial charge in [-0.05, 0) is 54.7 Å². The first kappa shape index (κ1) is 12.9. The maximum Gasteiger partial charge on any atom is -0.0100 e. The van der Waals surface area contributed by atoms with Crippen molar-refractivity contribution in [3.8, 4) is 0 Å². The lowest BCUT2D eigenvalue weighted by molar-refractivity contribution is 0.492. The number of rotatable bonds is 5. The van der Waals surface area contributed by atoms with Crippen LogP contribution in [0.15, 0.2) is 55.7 Å². The largest absolute Gasteiger partial charge is 0.103 e. The highest BCUT2D eigenvalue weighted by Crippen LogP contribution is 2.31. The zero-order chi connectivity index (χ0) is 12.8. The van der Waals surface area contributed by atoms with Crippen LogP contribution in [-0.2, 0) is 6.42 Å². The third-order valence-corrected chi connectivity index (χ3v) is 3.72. The van der Waals surface area contributed by atoms with E-state index in [2.05, 4.69) is 43.5 Å². The molecule has 0 aromatic heterocycles. The highest BCUT2D eigenvalue weighted by Gasteiger charge is 2.13. The smallest absolute Gasteiger partial charge is 0.0100 e. The van der Waals surface area contributed by atoms with E-state index in [0.29, 0.717) is 0 Å². The SMILES string of the molecule is C=CCc1ccc(C2=CCC(CC=C)CC2)cc1. The van der Waals surface area contributed by atoms with Crippen LogP contribution in [0.1, 0.15) is 36.8 Å². The van der Waals surface area contributed by atoms with Gasteiger partial charge < -0.3 is 0 Å². The fourth-order valence-electron chi connectivity index (χ4n) is 2.62. The van der Waals surface area contributed by atoms with Gasteiger partial charge in [0.15, 0.2) is 0 Å². The fourth-order valence-corrected chi connectivity index (χ4v) is 2.62. The van der Waals surface area contributed by atoms with Gasteiger partial charge >= 0.3 is 0 Å². The summed E-state index contributed by atoms with van der Waals surface area (Å²) in [6.45, 7) is 7.60. The first-order valence-corrected chi connectivity index (χ1v) is 6.83. The van der Waals surface area contributed by atoms with Crippen molar-refractivity contribution >= 4 is 5.57 Å². The monoisotopic (exact) mass is 238 g/mol. The van der Waals surface area contributed by atoms with E-state index in [1.807, 2.05) is 12.2 Å². The molecule has 94 valence electrons. The Labute approximate surface area is 111 Å². The van der Waals surface area contributed by atoms with Gasteiger partial charge in [-0.1, -0.05) is 42.5 Å². The van der Waals surface area contributed by atoms with Gasteiger partial charge in [-0.15, -0.1) is 13.2 Å². The molecule has 1 unspecified atom stereocenters. The number of allylic oxidation sites excluding steroid dienone is 4. The maximum absolute atomic E-state index is 3.83. The maximum atomic E-state index is 3.83. The molecule has 0 radical (unpaired) electrons. The normalized spacial score (nSPS) is 19.1. The second-order valence-electron chi connectivity index (χ2n) is 5.08. The third kappa shape index (κ3) is 3.22. The Morgan fingerprint density at radius 1 is 1.11 bits per heavy atom. The second kappa shape index (κ2) is 6.39. The molecule has 0 amide bonds. The van der Waals surface area contributed by atoms with Gasteiger partial charge in [0.1, 0.15) is 0 Å². The molecule has 0 spiro atoms. The summed E-state index contributed by atoms with van der Waals surface area (Å²) in [6, 6.07) is 8.93. The van der Waals surface area contributed by atoms with Crippen LogP contribution >= 0.6 is 0 Å². The standard InChI is InChI=1S/C18H22/c1-3-5-15-7-11-17(12-8-15)18-13-9-16(6-4-2)10-14-18/h3-4,7-8,11-13,16H,1-2,5-6,9-10,14H2. The molecule has 0 N–H and O–H groups in total. The van der Waals surface area contributed by atoms with E-state index in [9.17, 15) is 0 Å². The summed E-state index contributed by atoms with van der Waals surface area (Å²) in [5, 5.41) is 0. The van der Waals surface area contributed by atoms with Crippen LogP contribution < -0.4 is 0 Å². The molecule has 1 aromatic carbocycles. The van der Waals surface area contributed by atoms with Crippen molar-refractivity contribution < 1.29 is 0 Å². The molecule has 0 saturated carbocycles. The zero-order valence-electron chi connectivity index (χ0n) is 11.1. The molecule has 0 bridgehead atoms. The Morgan fingerprint density at radius 3 is 2.44 bits per heavy atom. The van der Waals surface area contributed by atoms with Crippen LogP contribution in [0.5, 0.6) is 0 Å². The molecular formula is C18H22. The molecule has 0 nitrogen and oxygen atoms in total. The van der Waals surface area contributed by atoms with E-state index in [1.54, 1.807) is 0 Å². The summed E-state index contributed by atoms with van der Waals surface area (Å²) in [7, 11) is 0. The average Bonchev–Trinajstić information content (AvgIpc) is 2.41. The molecule has 1 aromatic rings. The lowest BCUT2D eigenvalue weighted by atomic mass is 9.85. The molecular weight excluding hydrogens is 216 g/mol. The Bertz CT molecular complexity index is 434. The topological polar surface area (TPSA) is 0 Å². The fraction of sp³-hybridized carbons (Fsp3) is 0.333. The van der Waals surface area contributed by atoms with Gasteiger partial charge in [0.05, 0.1) is 0 Å². The van der Waals surface area contributed by atoms with Crippen molar-refractivity contribution in [3.05, 3.63) is 66.8 Å². The van der Waals surface area contributed by atoms with Crippen molar-refractivity contribution in [3.63, 3.8) is 0 Å². The number of hydrogen-bond donors (Lipinski definition) is 0. The summed E-state index contributed by atoms with van der Waals surface area (Å²) in [6.07, 6.45) is 12.2. The highest BCUT2D eigenvalue weighted by molar-refractivity contribution is 5.66. The van der Waals surface area contributed by atoms with E-state index in [-0.39, 0.29) is 0 Å². The van der Waals surface area contributed by atoms with Crippen LogP contribution in [0, 0.1) is 5.92 Å². The molecule has 0 aliphatic heterocycles. The predicted octanol–water partition coefficient (Wildman–Crippen LogP) is 5.17. The van der Waals surface area contributed by atoms with Gasteiger partial charge in [0, 0.05) is 0 Å². The predicted molar refractivity (Wildman–Crippen MR) is 80.5 cm³/mol. The van der Waals surface area contributed by atoms with E-state index in [1.165, 1.54) is 36.0 Å². The summed E-state index contributed by atoms with van der Waals surface area (Å²) in [4.78, 5) is 0. The summed E-state index contributed by atoms with van der Waals surface area (Å²) in [5.41, 5.74) is 4.25. The van der Waals surface area contributed by atoms with Crippen LogP contribution in [0.2, 0.25) is 0 Å². The minimum absolute atomic E-state index is 0.811. The van der Waals surface area contributed by atoms with Crippen molar-refractivity contribution in [1.82, 2.24) is 0 Å². The first-order chi connectivity index (χ1) is 8.83. The molecule has 0 fully saturated rings. The van der Waals surface area contributed by atoms with Gasteiger partial charge in [0.25, 0.3) is 0 Å². The molecule has 0 heterocycles. The molecule has 2 rings (SSSR count). The molecule has 0 heteroatoms. The van der Waals surface area contributed by atoms with E-state index in [4.69, 9.17) is 0 Å². The Morgan fingerprint density at radius 2 is 1.89 bits per heavy atom. The van der Waals surface area contributed by atoms with Crippen LogP contribution in [-0.4, -0.2) is 0 Å². The average molecular weight is 238 g/mol. The minimum Gasteiger partial charge on any atom is -0.103 e. The number of benzene rings is 1. The van der Waals surface area contributed by atoms with Crippen molar-refractivity contribution in [2.24, 2.45) is 5.92 Å². The van der Waals surface area contributed by atoms with Crippen LogP contribution in [0.25, 0.3) is 5.57 Å². The van der Waals surface area contributed by atoms with Crippen LogP contribution in [0.3, 0.4) is 0 Å². The zero-order valence-corrected chi connectivity index (χ0v) is 11.1. The van der Waals surface area contributed by atoms with Gasteiger partial charge in [-0.3, -0.25) is 0 Å².